The summed E-state index contributed by atoms with van der Waals surface area (Å²) in [5.41, 5.74) is 3.42. The van der Waals surface area contributed by atoms with E-state index < -0.39 is 0 Å². The van der Waals surface area contributed by atoms with E-state index in [0.29, 0.717) is 12.4 Å². The highest BCUT2D eigenvalue weighted by Gasteiger charge is 2.05. The largest absolute Gasteiger partial charge is 0.363 e. The Morgan fingerprint density at radius 1 is 1.31 bits per heavy atom. The van der Waals surface area contributed by atoms with Crippen LogP contribution in [0.4, 0.5) is 11.6 Å². The fourth-order valence-electron chi connectivity index (χ4n) is 1.27. The second-order valence-electron chi connectivity index (χ2n) is 3.12. The molecule has 0 radical (unpaired) electrons. The molecule has 2 heterocycles. The van der Waals surface area contributed by atoms with E-state index in [2.05, 4.69) is 25.7 Å². The summed E-state index contributed by atoms with van der Waals surface area (Å²) in [7, 11) is 0. The topological polar surface area (TPSA) is 88.8 Å². The zero-order valence-corrected chi connectivity index (χ0v) is 9.58. The van der Waals surface area contributed by atoms with Gasteiger partial charge in [0, 0.05) is 17.1 Å². The minimum Gasteiger partial charge on any atom is -0.363 e. The Labute approximate surface area is 96.9 Å². The Balaban J connectivity index is 2.09. The monoisotopic (exact) mass is 236 g/mol. The molecule has 0 fully saturated rings. The van der Waals surface area contributed by atoms with Gasteiger partial charge in [0.15, 0.2) is 0 Å². The van der Waals surface area contributed by atoms with E-state index in [1.807, 2.05) is 12.3 Å². The van der Waals surface area contributed by atoms with Crippen molar-refractivity contribution in [2.45, 2.75) is 13.5 Å². The van der Waals surface area contributed by atoms with Crippen LogP contribution in [0.25, 0.3) is 0 Å². The molecule has 0 aromatic carbocycles. The van der Waals surface area contributed by atoms with Crippen LogP contribution < -0.4 is 16.6 Å². The van der Waals surface area contributed by atoms with Gasteiger partial charge in [0.05, 0.1) is 6.54 Å². The van der Waals surface area contributed by atoms with E-state index >= 15 is 0 Å². The van der Waals surface area contributed by atoms with E-state index in [1.165, 1.54) is 6.33 Å². The lowest BCUT2D eigenvalue weighted by Crippen LogP contribution is -2.12. The second kappa shape index (κ2) is 4.86. The summed E-state index contributed by atoms with van der Waals surface area (Å²) in [6, 6.07) is 0. The molecule has 2 aromatic heterocycles. The van der Waals surface area contributed by atoms with Crippen molar-refractivity contribution in [3.05, 3.63) is 28.5 Å². The molecule has 2 rings (SSSR count). The van der Waals surface area contributed by atoms with Crippen molar-refractivity contribution in [2.24, 2.45) is 5.84 Å². The van der Waals surface area contributed by atoms with Gasteiger partial charge in [0.2, 0.25) is 0 Å². The van der Waals surface area contributed by atoms with Gasteiger partial charge in [-0.15, -0.1) is 11.3 Å². The molecular formula is C9H12N6S. The Bertz CT molecular complexity index is 455. The summed E-state index contributed by atoms with van der Waals surface area (Å²) in [4.78, 5) is 12.3. The molecule has 7 heteroatoms. The van der Waals surface area contributed by atoms with Crippen molar-refractivity contribution in [3.63, 3.8) is 0 Å². The van der Waals surface area contributed by atoms with Crippen LogP contribution >= 0.6 is 11.3 Å². The molecule has 6 nitrogen and oxygen atoms in total. The number of nitrogens with one attached hydrogen (secondary N) is 2. The number of aromatic nitrogens is 3. The van der Waals surface area contributed by atoms with Crippen molar-refractivity contribution in [1.82, 2.24) is 15.0 Å². The van der Waals surface area contributed by atoms with Gasteiger partial charge < -0.3 is 10.7 Å². The van der Waals surface area contributed by atoms with E-state index in [0.717, 1.165) is 16.4 Å². The molecule has 0 atom stereocenters. The van der Waals surface area contributed by atoms with Crippen molar-refractivity contribution in [3.8, 4) is 0 Å². The van der Waals surface area contributed by atoms with Crippen LogP contribution in [0.5, 0.6) is 0 Å². The molecule has 0 aliphatic heterocycles. The SMILES string of the molecule is Cc1c(NN)ncnc1NCc1nccs1. The Morgan fingerprint density at radius 2 is 2.12 bits per heavy atom. The first kappa shape index (κ1) is 10.8. The van der Waals surface area contributed by atoms with Crippen molar-refractivity contribution >= 4 is 23.0 Å². The molecule has 0 aliphatic carbocycles. The smallest absolute Gasteiger partial charge is 0.148 e. The molecule has 0 unspecified atom stereocenters. The third-order valence-corrected chi connectivity index (χ3v) is 2.89. The molecule has 0 amide bonds. The average molecular weight is 236 g/mol. The highest BCUT2D eigenvalue weighted by molar-refractivity contribution is 7.09. The third-order valence-electron chi connectivity index (χ3n) is 2.11. The fourth-order valence-corrected chi connectivity index (χ4v) is 1.83. The highest BCUT2D eigenvalue weighted by atomic mass is 32.1. The predicted octanol–water partition coefficient (Wildman–Crippen LogP) is 1.14. The molecule has 4 N–H and O–H groups in total. The van der Waals surface area contributed by atoms with Gasteiger partial charge in [-0.1, -0.05) is 0 Å². The van der Waals surface area contributed by atoms with Crippen molar-refractivity contribution < 1.29 is 0 Å². The summed E-state index contributed by atoms with van der Waals surface area (Å²) >= 11 is 1.60. The van der Waals surface area contributed by atoms with E-state index in [-0.39, 0.29) is 0 Å². The lowest BCUT2D eigenvalue weighted by atomic mass is 10.3. The quantitative estimate of drug-likeness (QED) is 0.545. The van der Waals surface area contributed by atoms with Gasteiger partial charge in [0.25, 0.3) is 0 Å². The second-order valence-corrected chi connectivity index (χ2v) is 4.10. The highest BCUT2D eigenvalue weighted by Crippen LogP contribution is 2.18. The van der Waals surface area contributed by atoms with Crippen LogP contribution in [0, 0.1) is 6.92 Å². The maximum Gasteiger partial charge on any atom is 0.148 e. The molecule has 16 heavy (non-hydrogen) atoms. The molecule has 0 spiro atoms. The van der Waals surface area contributed by atoms with Crippen LogP contribution in [0.2, 0.25) is 0 Å². The number of hydrogen-bond donors (Lipinski definition) is 3. The van der Waals surface area contributed by atoms with Gasteiger partial charge in [-0.2, -0.15) is 0 Å². The third kappa shape index (κ3) is 2.26. The summed E-state index contributed by atoms with van der Waals surface area (Å²) < 4.78 is 0. The van der Waals surface area contributed by atoms with Crippen molar-refractivity contribution in [2.75, 3.05) is 10.7 Å². The molecule has 0 saturated heterocycles. The number of anilines is 2. The van der Waals surface area contributed by atoms with Crippen LogP contribution in [-0.2, 0) is 6.54 Å². The number of nitrogens with zero attached hydrogens (tertiary/aromatic N) is 3. The number of rotatable bonds is 4. The van der Waals surface area contributed by atoms with Crippen LogP contribution in [0.3, 0.4) is 0 Å². The lowest BCUT2D eigenvalue weighted by Gasteiger charge is -2.09. The Kier molecular flexibility index (Phi) is 3.28. The summed E-state index contributed by atoms with van der Waals surface area (Å²) in [6.45, 7) is 2.55. The number of thiazole rings is 1. The van der Waals surface area contributed by atoms with Crippen LogP contribution in [-0.4, -0.2) is 15.0 Å². The maximum atomic E-state index is 5.33. The molecule has 0 aliphatic rings. The van der Waals surface area contributed by atoms with E-state index in [1.54, 1.807) is 17.5 Å². The normalized spacial score (nSPS) is 10.1. The van der Waals surface area contributed by atoms with E-state index in [9.17, 15) is 0 Å². The predicted molar refractivity (Wildman–Crippen MR) is 64.0 cm³/mol. The molecule has 0 saturated carbocycles. The minimum absolute atomic E-state index is 0.622. The molecule has 84 valence electrons. The number of nitrogens with two attached hydrogens (primary N) is 1. The standard InChI is InChI=1S/C9H12N6S/c1-6-8(13-5-14-9(6)15-10)12-4-7-11-2-3-16-7/h2-3,5H,4,10H2,1H3,(H2,12,13,14,15). The number of hydrogen-bond acceptors (Lipinski definition) is 7. The zero-order chi connectivity index (χ0) is 11.4. The summed E-state index contributed by atoms with van der Waals surface area (Å²) in [5.74, 6) is 6.72. The Hall–Kier alpha value is -1.73. The first-order valence-electron chi connectivity index (χ1n) is 4.71. The average Bonchev–Trinajstić information content (AvgIpc) is 2.81. The zero-order valence-electron chi connectivity index (χ0n) is 8.77. The minimum atomic E-state index is 0.622. The maximum absolute atomic E-state index is 5.33. The van der Waals surface area contributed by atoms with Gasteiger partial charge >= 0.3 is 0 Å². The summed E-state index contributed by atoms with van der Waals surface area (Å²) in [5, 5.41) is 6.15. The van der Waals surface area contributed by atoms with Crippen LogP contribution in [0.1, 0.15) is 10.6 Å². The summed E-state index contributed by atoms with van der Waals surface area (Å²) in [6.07, 6.45) is 3.24. The van der Waals surface area contributed by atoms with Crippen molar-refractivity contribution in [1.29, 1.82) is 0 Å². The first-order valence-corrected chi connectivity index (χ1v) is 5.59. The lowest BCUT2D eigenvalue weighted by molar-refractivity contribution is 1.04. The molecule has 2 aromatic rings. The number of nitrogen functional groups attached to an aromatic ring is 1. The first-order chi connectivity index (χ1) is 7.81. The molecule has 0 bridgehead atoms. The Morgan fingerprint density at radius 3 is 2.81 bits per heavy atom. The molecular weight excluding hydrogens is 224 g/mol. The fraction of sp³-hybridized carbons (Fsp3) is 0.222. The van der Waals surface area contributed by atoms with Gasteiger partial charge in [-0.05, 0) is 6.92 Å². The number of hydrazine groups is 1. The van der Waals surface area contributed by atoms with Gasteiger partial charge in [0.1, 0.15) is 23.0 Å². The van der Waals surface area contributed by atoms with E-state index in [4.69, 9.17) is 5.84 Å². The van der Waals surface area contributed by atoms with Gasteiger partial charge in [-0.3, -0.25) is 0 Å². The van der Waals surface area contributed by atoms with Crippen LogP contribution in [0.15, 0.2) is 17.9 Å². The van der Waals surface area contributed by atoms with Gasteiger partial charge in [-0.25, -0.2) is 20.8 Å².